The van der Waals surface area contributed by atoms with Crippen molar-refractivity contribution in [2.24, 2.45) is 17.8 Å². The number of hydrogen-bond donors (Lipinski definition) is 1. The van der Waals surface area contributed by atoms with Gasteiger partial charge in [0.25, 0.3) is 0 Å². The predicted molar refractivity (Wildman–Crippen MR) is 83.4 cm³/mol. The van der Waals surface area contributed by atoms with Crippen molar-refractivity contribution in [3.8, 4) is 0 Å². The third-order valence-corrected chi connectivity index (χ3v) is 5.54. The molecule has 0 aromatic rings. The van der Waals surface area contributed by atoms with Crippen molar-refractivity contribution in [3.05, 3.63) is 0 Å². The summed E-state index contributed by atoms with van der Waals surface area (Å²) in [5.41, 5.74) is 0. The smallest absolute Gasteiger partial charge is 0.0221 e. The maximum absolute atomic E-state index is 3.95. The molecule has 2 heteroatoms. The molecule has 1 aliphatic carbocycles. The molecular formula is C17H34N2. The van der Waals surface area contributed by atoms with Crippen molar-refractivity contribution in [1.29, 1.82) is 0 Å². The van der Waals surface area contributed by atoms with Gasteiger partial charge in [-0.2, -0.15) is 0 Å². The van der Waals surface area contributed by atoms with Crippen LogP contribution in [0.5, 0.6) is 0 Å². The first-order chi connectivity index (χ1) is 9.11. The predicted octanol–water partition coefficient (Wildman–Crippen LogP) is 3.52. The van der Waals surface area contributed by atoms with Gasteiger partial charge in [0.2, 0.25) is 0 Å². The second kappa shape index (κ2) is 7.08. The van der Waals surface area contributed by atoms with E-state index in [9.17, 15) is 0 Å². The van der Waals surface area contributed by atoms with Gasteiger partial charge in [-0.3, -0.25) is 4.90 Å². The lowest BCUT2D eigenvalue weighted by Gasteiger charge is -2.39. The second-order valence-electron chi connectivity index (χ2n) is 7.27. The molecule has 0 aromatic carbocycles. The molecule has 1 N–H and O–H groups in total. The summed E-state index contributed by atoms with van der Waals surface area (Å²) in [6.45, 7) is 13.3. The van der Waals surface area contributed by atoms with E-state index in [1.54, 1.807) is 0 Å². The van der Waals surface area contributed by atoms with Crippen LogP contribution in [0.2, 0.25) is 0 Å². The van der Waals surface area contributed by atoms with Gasteiger partial charge in [0.1, 0.15) is 0 Å². The van der Waals surface area contributed by atoms with E-state index in [4.69, 9.17) is 0 Å². The molecule has 112 valence electrons. The standard InChI is InChI=1S/C17H34N2/c1-5-19-10-6-7-15(19)12-18-17-11-14(4)8-9-16(17)13(2)3/h13-18H,5-12H2,1-4H3. The van der Waals surface area contributed by atoms with Crippen LogP contribution in [0, 0.1) is 17.8 Å². The van der Waals surface area contributed by atoms with Crippen molar-refractivity contribution < 1.29 is 0 Å². The number of rotatable bonds is 5. The van der Waals surface area contributed by atoms with Crippen LogP contribution < -0.4 is 5.32 Å². The Morgan fingerprint density at radius 1 is 1.21 bits per heavy atom. The number of likely N-dealkylation sites (N-methyl/N-ethyl adjacent to an activating group) is 1. The first kappa shape index (κ1) is 15.3. The summed E-state index contributed by atoms with van der Waals surface area (Å²) in [5.74, 6) is 2.64. The normalized spacial score (nSPS) is 37.1. The van der Waals surface area contributed by atoms with Crippen molar-refractivity contribution in [3.63, 3.8) is 0 Å². The summed E-state index contributed by atoms with van der Waals surface area (Å²) >= 11 is 0. The van der Waals surface area contributed by atoms with Crippen LogP contribution in [0.3, 0.4) is 0 Å². The summed E-state index contributed by atoms with van der Waals surface area (Å²) in [7, 11) is 0. The third kappa shape index (κ3) is 3.95. The molecule has 4 unspecified atom stereocenters. The Hall–Kier alpha value is -0.0800. The Morgan fingerprint density at radius 3 is 2.68 bits per heavy atom. The minimum absolute atomic E-state index is 0.767. The summed E-state index contributed by atoms with van der Waals surface area (Å²) in [6.07, 6.45) is 7.05. The molecule has 2 nitrogen and oxygen atoms in total. The molecule has 1 saturated heterocycles. The van der Waals surface area contributed by atoms with Gasteiger partial charge in [-0.1, -0.05) is 34.1 Å². The molecule has 1 heterocycles. The molecular weight excluding hydrogens is 232 g/mol. The van der Waals surface area contributed by atoms with E-state index >= 15 is 0 Å². The second-order valence-corrected chi connectivity index (χ2v) is 7.27. The molecule has 0 radical (unpaired) electrons. The van der Waals surface area contributed by atoms with E-state index in [2.05, 4.69) is 37.9 Å². The highest BCUT2D eigenvalue weighted by atomic mass is 15.2. The Kier molecular flexibility index (Phi) is 5.70. The minimum atomic E-state index is 0.767. The number of hydrogen-bond acceptors (Lipinski definition) is 2. The van der Waals surface area contributed by atoms with Crippen LogP contribution in [-0.2, 0) is 0 Å². The summed E-state index contributed by atoms with van der Waals surface area (Å²) in [6, 6.07) is 1.57. The van der Waals surface area contributed by atoms with E-state index in [1.165, 1.54) is 51.7 Å². The fourth-order valence-corrected chi connectivity index (χ4v) is 4.27. The molecule has 0 amide bonds. The maximum Gasteiger partial charge on any atom is 0.0221 e. The molecule has 2 aliphatic rings. The molecule has 4 atom stereocenters. The Labute approximate surface area is 120 Å². The Balaban J connectivity index is 1.85. The Morgan fingerprint density at radius 2 is 2.00 bits per heavy atom. The summed E-state index contributed by atoms with van der Waals surface area (Å²) in [5, 5.41) is 3.95. The zero-order valence-electron chi connectivity index (χ0n) is 13.5. The molecule has 1 aliphatic heterocycles. The van der Waals surface area contributed by atoms with E-state index in [-0.39, 0.29) is 0 Å². The topological polar surface area (TPSA) is 15.3 Å². The fourth-order valence-electron chi connectivity index (χ4n) is 4.27. The lowest BCUT2D eigenvalue weighted by molar-refractivity contribution is 0.157. The van der Waals surface area contributed by atoms with E-state index in [0.717, 1.165) is 29.8 Å². The van der Waals surface area contributed by atoms with Gasteiger partial charge >= 0.3 is 0 Å². The van der Waals surface area contributed by atoms with Crippen LogP contribution in [0.25, 0.3) is 0 Å². The van der Waals surface area contributed by atoms with Crippen LogP contribution in [0.1, 0.15) is 59.8 Å². The van der Waals surface area contributed by atoms with Gasteiger partial charge in [0, 0.05) is 18.6 Å². The molecule has 0 aromatic heterocycles. The van der Waals surface area contributed by atoms with Crippen molar-refractivity contribution >= 4 is 0 Å². The number of nitrogens with one attached hydrogen (secondary N) is 1. The van der Waals surface area contributed by atoms with Crippen LogP contribution in [0.15, 0.2) is 0 Å². The number of likely N-dealkylation sites (tertiary alicyclic amines) is 1. The van der Waals surface area contributed by atoms with Crippen LogP contribution in [0.4, 0.5) is 0 Å². The zero-order valence-corrected chi connectivity index (χ0v) is 13.5. The minimum Gasteiger partial charge on any atom is -0.312 e. The molecule has 1 saturated carbocycles. The van der Waals surface area contributed by atoms with E-state index < -0.39 is 0 Å². The Bertz CT molecular complexity index is 264. The largest absolute Gasteiger partial charge is 0.312 e. The monoisotopic (exact) mass is 266 g/mol. The summed E-state index contributed by atoms with van der Waals surface area (Å²) < 4.78 is 0. The van der Waals surface area contributed by atoms with Crippen molar-refractivity contribution in [1.82, 2.24) is 10.2 Å². The lowest BCUT2D eigenvalue weighted by atomic mass is 9.74. The molecule has 2 rings (SSSR count). The molecule has 0 bridgehead atoms. The van der Waals surface area contributed by atoms with Gasteiger partial charge in [-0.15, -0.1) is 0 Å². The highest BCUT2D eigenvalue weighted by Gasteiger charge is 2.31. The SMILES string of the molecule is CCN1CCCC1CNC1CC(C)CCC1C(C)C. The highest BCUT2D eigenvalue weighted by Crippen LogP contribution is 2.33. The van der Waals surface area contributed by atoms with Crippen molar-refractivity contribution in [2.45, 2.75) is 71.9 Å². The zero-order chi connectivity index (χ0) is 13.8. The van der Waals surface area contributed by atoms with Crippen LogP contribution in [-0.4, -0.2) is 36.6 Å². The van der Waals surface area contributed by atoms with Gasteiger partial charge in [0.05, 0.1) is 0 Å². The average molecular weight is 266 g/mol. The fraction of sp³-hybridized carbons (Fsp3) is 1.00. The lowest BCUT2D eigenvalue weighted by Crippen LogP contribution is -2.47. The number of nitrogens with zero attached hydrogens (tertiary/aromatic N) is 1. The first-order valence-electron chi connectivity index (χ1n) is 8.59. The highest BCUT2D eigenvalue weighted by molar-refractivity contribution is 4.88. The average Bonchev–Trinajstić information content (AvgIpc) is 2.83. The maximum atomic E-state index is 3.95. The van der Waals surface area contributed by atoms with Gasteiger partial charge in [-0.25, -0.2) is 0 Å². The van der Waals surface area contributed by atoms with E-state index in [1.807, 2.05) is 0 Å². The molecule has 0 spiro atoms. The van der Waals surface area contributed by atoms with Gasteiger partial charge < -0.3 is 5.32 Å². The van der Waals surface area contributed by atoms with E-state index in [0.29, 0.717) is 0 Å². The molecule has 2 fully saturated rings. The molecule has 19 heavy (non-hydrogen) atoms. The van der Waals surface area contributed by atoms with Crippen molar-refractivity contribution in [2.75, 3.05) is 19.6 Å². The van der Waals surface area contributed by atoms with Gasteiger partial charge in [-0.05, 0) is 56.5 Å². The quantitative estimate of drug-likeness (QED) is 0.819. The van der Waals surface area contributed by atoms with Gasteiger partial charge in [0.15, 0.2) is 0 Å². The third-order valence-electron chi connectivity index (χ3n) is 5.54. The first-order valence-corrected chi connectivity index (χ1v) is 8.59. The van der Waals surface area contributed by atoms with Crippen LogP contribution >= 0.6 is 0 Å². The summed E-state index contributed by atoms with van der Waals surface area (Å²) in [4.78, 5) is 2.66.